The van der Waals surface area contributed by atoms with Gasteiger partial charge in [0.25, 0.3) is 0 Å². The van der Waals surface area contributed by atoms with Crippen LogP contribution in [0.25, 0.3) is 0 Å². The number of hydrogen-bond acceptors (Lipinski definition) is 3. The summed E-state index contributed by atoms with van der Waals surface area (Å²) in [6, 6.07) is 9.32. The van der Waals surface area contributed by atoms with Crippen molar-refractivity contribution in [1.82, 2.24) is 10.6 Å². The van der Waals surface area contributed by atoms with Crippen LogP contribution < -0.4 is 15.5 Å². The van der Waals surface area contributed by atoms with Gasteiger partial charge in [-0.3, -0.25) is 0 Å². The predicted octanol–water partition coefficient (Wildman–Crippen LogP) is 4.41. The number of nitrogens with zero attached hydrogens (tertiary/aromatic N) is 2. The monoisotopic (exact) mass is 500 g/mol. The molecule has 6 heteroatoms. The molecule has 0 bridgehead atoms. The molecule has 2 aliphatic rings. The lowest BCUT2D eigenvalue weighted by atomic mass is 10.2. The fourth-order valence-electron chi connectivity index (χ4n) is 3.68. The van der Waals surface area contributed by atoms with Crippen molar-refractivity contribution in [3.05, 3.63) is 42.0 Å². The van der Waals surface area contributed by atoms with Crippen LogP contribution in [0, 0.1) is 0 Å². The fourth-order valence-corrected chi connectivity index (χ4v) is 4.82. The second-order valence-electron chi connectivity index (χ2n) is 6.97. The number of anilines is 1. The maximum Gasteiger partial charge on any atom is 0.191 e. The third kappa shape index (κ3) is 6.89. The van der Waals surface area contributed by atoms with E-state index < -0.39 is 0 Å². The Morgan fingerprint density at radius 1 is 1.22 bits per heavy atom. The van der Waals surface area contributed by atoms with E-state index in [1.165, 1.54) is 36.3 Å². The molecular weight excluding hydrogens is 467 g/mol. The van der Waals surface area contributed by atoms with Gasteiger partial charge in [-0.1, -0.05) is 31.2 Å². The molecule has 3 rings (SSSR count). The molecular formula is C21H33IN4S. The molecule has 1 aliphatic carbocycles. The van der Waals surface area contributed by atoms with Gasteiger partial charge >= 0.3 is 0 Å². The minimum absolute atomic E-state index is 0. The molecule has 2 atom stereocenters. The molecule has 0 radical (unpaired) electrons. The first-order valence-electron chi connectivity index (χ1n) is 9.93. The van der Waals surface area contributed by atoms with Gasteiger partial charge in [0, 0.05) is 36.6 Å². The van der Waals surface area contributed by atoms with E-state index in [-0.39, 0.29) is 24.0 Å². The van der Waals surface area contributed by atoms with Gasteiger partial charge in [0.05, 0.1) is 6.54 Å². The summed E-state index contributed by atoms with van der Waals surface area (Å²) in [6.07, 6.45) is 8.27. The third-order valence-corrected chi connectivity index (χ3v) is 6.22. The van der Waals surface area contributed by atoms with Crippen molar-refractivity contribution in [1.29, 1.82) is 0 Å². The van der Waals surface area contributed by atoms with Crippen LogP contribution in [-0.4, -0.2) is 42.6 Å². The SMILES string of the molecule is CCNC(=NCc1cccc(N2CC=CC2)c1)NC1CCC(SCC)C1.I. The van der Waals surface area contributed by atoms with Crippen LogP contribution in [0.15, 0.2) is 41.4 Å². The normalized spacial score (nSPS) is 22.0. The Kier molecular flexibility index (Phi) is 9.82. The largest absolute Gasteiger partial charge is 0.364 e. The van der Waals surface area contributed by atoms with Crippen LogP contribution in [-0.2, 0) is 6.54 Å². The van der Waals surface area contributed by atoms with E-state index in [2.05, 4.69) is 77.6 Å². The lowest BCUT2D eigenvalue weighted by Crippen LogP contribution is -2.42. The van der Waals surface area contributed by atoms with Crippen LogP contribution in [0.1, 0.15) is 38.7 Å². The second kappa shape index (κ2) is 11.8. The van der Waals surface area contributed by atoms with Crippen LogP contribution in [0.3, 0.4) is 0 Å². The smallest absolute Gasteiger partial charge is 0.191 e. The Labute approximate surface area is 185 Å². The number of hydrogen-bond donors (Lipinski definition) is 2. The van der Waals surface area contributed by atoms with Gasteiger partial charge < -0.3 is 15.5 Å². The average molecular weight is 500 g/mol. The van der Waals surface area contributed by atoms with Crippen molar-refractivity contribution in [2.24, 2.45) is 4.99 Å². The van der Waals surface area contributed by atoms with Gasteiger partial charge in [0.2, 0.25) is 0 Å². The van der Waals surface area contributed by atoms with Crippen molar-refractivity contribution < 1.29 is 0 Å². The Balaban J connectivity index is 0.00000261. The van der Waals surface area contributed by atoms with Crippen LogP contribution >= 0.6 is 35.7 Å². The van der Waals surface area contributed by atoms with Gasteiger partial charge in [-0.05, 0) is 49.6 Å². The van der Waals surface area contributed by atoms with Crippen molar-refractivity contribution in [2.45, 2.75) is 50.9 Å². The summed E-state index contributed by atoms with van der Waals surface area (Å²) in [7, 11) is 0. The molecule has 1 aromatic rings. The average Bonchev–Trinajstić information content (AvgIpc) is 3.33. The summed E-state index contributed by atoms with van der Waals surface area (Å²) in [5.41, 5.74) is 2.55. The minimum atomic E-state index is 0. The molecule has 0 aromatic heterocycles. The topological polar surface area (TPSA) is 39.7 Å². The molecule has 1 aromatic carbocycles. The Hall–Kier alpha value is -0.890. The van der Waals surface area contributed by atoms with E-state index in [9.17, 15) is 0 Å². The number of nitrogens with one attached hydrogen (secondary N) is 2. The lowest BCUT2D eigenvalue weighted by Gasteiger charge is -2.19. The molecule has 1 heterocycles. The van der Waals surface area contributed by atoms with Crippen molar-refractivity contribution in [2.75, 3.05) is 30.3 Å². The quantitative estimate of drug-likeness (QED) is 0.252. The molecule has 2 N–H and O–H groups in total. The van der Waals surface area contributed by atoms with E-state index in [0.717, 1.165) is 30.8 Å². The van der Waals surface area contributed by atoms with E-state index in [1.54, 1.807) is 0 Å². The Morgan fingerprint density at radius 2 is 2.04 bits per heavy atom. The highest BCUT2D eigenvalue weighted by Gasteiger charge is 2.25. The highest BCUT2D eigenvalue weighted by molar-refractivity contribution is 14.0. The maximum absolute atomic E-state index is 4.84. The number of aliphatic imine (C=N–C) groups is 1. The summed E-state index contributed by atoms with van der Waals surface area (Å²) >= 11 is 2.10. The van der Waals surface area contributed by atoms with Crippen molar-refractivity contribution in [3.63, 3.8) is 0 Å². The van der Waals surface area contributed by atoms with Crippen LogP contribution in [0.4, 0.5) is 5.69 Å². The summed E-state index contributed by atoms with van der Waals surface area (Å²) in [6.45, 7) is 8.01. The van der Waals surface area contributed by atoms with Gasteiger partial charge in [0.1, 0.15) is 0 Å². The van der Waals surface area contributed by atoms with Crippen molar-refractivity contribution >= 4 is 47.4 Å². The zero-order valence-corrected chi connectivity index (χ0v) is 19.6. The number of thioether (sulfide) groups is 1. The summed E-state index contributed by atoms with van der Waals surface area (Å²) in [4.78, 5) is 7.22. The zero-order valence-electron chi connectivity index (χ0n) is 16.5. The number of halogens is 1. The van der Waals surface area contributed by atoms with E-state index in [1.807, 2.05) is 0 Å². The van der Waals surface area contributed by atoms with Crippen molar-refractivity contribution in [3.8, 4) is 0 Å². The first-order valence-corrected chi connectivity index (χ1v) is 11.0. The Morgan fingerprint density at radius 3 is 2.78 bits per heavy atom. The molecule has 4 nitrogen and oxygen atoms in total. The molecule has 0 saturated heterocycles. The maximum atomic E-state index is 4.84. The zero-order chi connectivity index (χ0) is 18.2. The number of benzene rings is 1. The highest BCUT2D eigenvalue weighted by atomic mass is 127. The molecule has 0 amide bonds. The van der Waals surface area contributed by atoms with E-state index >= 15 is 0 Å². The molecule has 0 spiro atoms. The molecule has 1 aliphatic heterocycles. The van der Waals surface area contributed by atoms with E-state index in [4.69, 9.17) is 4.99 Å². The lowest BCUT2D eigenvalue weighted by molar-refractivity contribution is 0.615. The molecule has 27 heavy (non-hydrogen) atoms. The molecule has 150 valence electrons. The predicted molar refractivity (Wildman–Crippen MR) is 131 cm³/mol. The standard InChI is InChI=1S/C21H32N4S.HI/c1-3-22-21(24-18-10-11-20(15-18)26-4-2)23-16-17-8-7-9-19(14-17)25-12-5-6-13-25;/h5-9,14,18,20H,3-4,10-13,15-16H2,1-2H3,(H2,22,23,24);1H. The Bertz CT molecular complexity index is 626. The molecule has 1 fully saturated rings. The minimum Gasteiger partial charge on any atom is -0.364 e. The van der Waals surface area contributed by atoms with Gasteiger partial charge in [-0.2, -0.15) is 11.8 Å². The fraction of sp³-hybridized carbons (Fsp3) is 0.571. The summed E-state index contributed by atoms with van der Waals surface area (Å²) in [5, 5.41) is 7.87. The number of guanidine groups is 1. The first kappa shape index (κ1) is 22.4. The number of rotatable bonds is 7. The van der Waals surface area contributed by atoms with Gasteiger partial charge in [-0.15, -0.1) is 24.0 Å². The molecule has 2 unspecified atom stereocenters. The summed E-state index contributed by atoms with van der Waals surface area (Å²) < 4.78 is 0. The van der Waals surface area contributed by atoms with Gasteiger partial charge in [0.15, 0.2) is 5.96 Å². The second-order valence-corrected chi connectivity index (χ2v) is 8.55. The third-order valence-electron chi connectivity index (χ3n) is 4.99. The van der Waals surface area contributed by atoms with Crippen LogP contribution in [0.2, 0.25) is 0 Å². The van der Waals surface area contributed by atoms with E-state index in [0.29, 0.717) is 12.6 Å². The molecule has 1 saturated carbocycles. The first-order chi connectivity index (χ1) is 12.8. The summed E-state index contributed by atoms with van der Waals surface area (Å²) in [5.74, 6) is 2.17. The highest BCUT2D eigenvalue weighted by Crippen LogP contribution is 2.29. The van der Waals surface area contributed by atoms with Gasteiger partial charge in [-0.25, -0.2) is 4.99 Å². The van der Waals surface area contributed by atoms with Crippen LogP contribution in [0.5, 0.6) is 0 Å².